The lowest BCUT2D eigenvalue weighted by Gasteiger charge is -2.08. The molecule has 1 atom stereocenters. The number of nitrogens with two attached hydrogens (primary N) is 1. The van der Waals surface area contributed by atoms with Crippen molar-refractivity contribution in [2.75, 3.05) is 11.5 Å². The molecular weight excluding hydrogens is 228 g/mol. The first-order valence-electron chi connectivity index (χ1n) is 5.14. The van der Waals surface area contributed by atoms with Crippen LogP contribution < -0.4 is 11.3 Å². The largest absolute Gasteiger partial charge is 0.329 e. The molecule has 0 saturated carbocycles. The second kappa shape index (κ2) is 4.03. The van der Waals surface area contributed by atoms with Gasteiger partial charge in [-0.15, -0.1) is 0 Å². The molecule has 0 bridgehead atoms. The van der Waals surface area contributed by atoms with Gasteiger partial charge < -0.3 is 10.7 Å². The fraction of sp³-hybridized carbons (Fsp3) is 0.500. The third-order valence-electron chi connectivity index (χ3n) is 2.93. The monoisotopic (exact) mass is 242 g/mol. The van der Waals surface area contributed by atoms with Crippen molar-refractivity contribution in [3.63, 3.8) is 0 Å². The number of pyridine rings is 1. The zero-order valence-corrected chi connectivity index (χ0v) is 9.59. The molecule has 3 N–H and O–H groups in total. The van der Waals surface area contributed by atoms with Gasteiger partial charge >= 0.3 is 0 Å². The quantitative estimate of drug-likeness (QED) is 0.747. The molecule has 6 heteroatoms. The second-order valence-corrected chi connectivity index (χ2v) is 6.32. The molecular formula is C10H14N2O3S. The van der Waals surface area contributed by atoms with Gasteiger partial charge in [-0.25, -0.2) is 8.42 Å². The van der Waals surface area contributed by atoms with Crippen LogP contribution in [0.25, 0.3) is 0 Å². The lowest BCUT2D eigenvalue weighted by atomic mass is 9.99. The summed E-state index contributed by atoms with van der Waals surface area (Å²) in [5.41, 5.74) is 6.60. The summed E-state index contributed by atoms with van der Waals surface area (Å²) in [5, 5.41) is 0. The van der Waals surface area contributed by atoms with Gasteiger partial charge in [0, 0.05) is 24.2 Å². The smallest absolute Gasteiger partial charge is 0.252 e. The van der Waals surface area contributed by atoms with Crippen molar-refractivity contribution >= 4 is 9.84 Å². The Balaban J connectivity index is 2.32. The summed E-state index contributed by atoms with van der Waals surface area (Å²) in [5.74, 6) is 0.393. The Morgan fingerprint density at radius 2 is 2.25 bits per heavy atom. The Morgan fingerprint density at radius 3 is 2.81 bits per heavy atom. The first kappa shape index (κ1) is 11.3. The van der Waals surface area contributed by atoms with Crippen LogP contribution in [0.15, 0.2) is 17.1 Å². The van der Waals surface area contributed by atoms with E-state index in [1.54, 1.807) is 12.3 Å². The summed E-state index contributed by atoms with van der Waals surface area (Å²) in [6.45, 7) is 0.169. The van der Waals surface area contributed by atoms with Crippen molar-refractivity contribution in [2.45, 2.75) is 18.9 Å². The predicted octanol–water partition coefficient (Wildman–Crippen LogP) is -0.264. The predicted molar refractivity (Wildman–Crippen MR) is 61.0 cm³/mol. The molecule has 5 nitrogen and oxygen atoms in total. The third-order valence-corrected chi connectivity index (χ3v) is 4.69. The molecule has 1 aliphatic heterocycles. The van der Waals surface area contributed by atoms with Crippen LogP contribution in [0.4, 0.5) is 0 Å². The molecule has 0 aliphatic carbocycles. The highest BCUT2D eigenvalue weighted by molar-refractivity contribution is 7.91. The standard InChI is InChI=1S/C10H14N2O3S/c11-4-8-3-9(5-12-10(8)13)7-1-2-16(14,15)6-7/h3,5,7H,1-2,4,6,11H2,(H,12,13). The van der Waals surface area contributed by atoms with Crippen molar-refractivity contribution in [2.24, 2.45) is 5.73 Å². The minimum atomic E-state index is -2.90. The summed E-state index contributed by atoms with van der Waals surface area (Å²) in [6, 6.07) is 1.71. The van der Waals surface area contributed by atoms with Crippen LogP contribution in [0.2, 0.25) is 0 Å². The highest BCUT2D eigenvalue weighted by atomic mass is 32.2. The van der Waals surface area contributed by atoms with E-state index in [-0.39, 0.29) is 29.5 Å². The van der Waals surface area contributed by atoms with E-state index in [9.17, 15) is 13.2 Å². The van der Waals surface area contributed by atoms with Crippen molar-refractivity contribution in [1.29, 1.82) is 0 Å². The van der Waals surface area contributed by atoms with Crippen LogP contribution in [0, 0.1) is 0 Å². The van der Waals surface area contributed by atoms with Crippen molar-refractivity contribution < 1.29 is 8.42 Å². The van der Waals surface area contributed by atoms with E-state index in [2.05, 4.69) is 4.98 Å². The first-order chi connectivity index (χ1) is 7.52. The number of aromatic amines is 1. The van der Waals surface area contributed by atoms with E-state index in [0.717, 1.165) is 5.56 Å². The van der Waals surface area contributed by atoms with Gasteiger partial charge in [0.25, 0.3) is 5.56 Å². The van der Waals surface area contributed by atoms with Gasteiger partial charge in [-0.3, -0.25) is 4.79 Å². The number of hydrogen-bond acceptors (Lipinski definition) is 4. The molecule has 0 aromatic carbocycles. The highest BCUT2D eigenvalue weighted by Gasteiger charge is 2.29. The molecule has 0 spiro atoms. The number of H-pyrrole nitrogens is 1. The molecule has 2 rings (SSSR count). The maximum absolute atomic E-state index is 11.3. The highest BCUT2D eigenvalue weighted by Crippen LogP contribution is 2.28. The lowest BCUT2D eigenvalue weighted by Crippen LogP contribution is -2.17. The maximum atomic E-state index is 11.3. The number of nitrogens with one attached hydrogen (secondary N) is 1. The van der Waals surface area contributed by atoms with Crippen molar-refractivity contribution in [1.82, 2.24) is 4.98 Å². The van der Waals surface area contributed by atoms with Crippen LogP contribution in [0.1, 0.15) is 23.5 Å². The van der Waals surface area contributed by atoms with Crippen LogP contribution in [0.3, 0.4) is 0 Å². The Labute approximate surface area is 93.6 Å². The summed E-state index contributed by atoms with van der Waals surface area (Å²) in [4.78, 5) is 13.9. The molecule has 1 aliphatic rings. The molecule has 1 aromatic heterocycles. The number of rotatable bonds is 2. The maximum Gasteiger partial charge on any atom is 0.252 e. The SMILES string of the molecule is NCc1cc(C2CCS(=O)(=O)C2)c[nH]c1=O. The first-order valence-corrected chi connectivity index (χ1v) is 6.96. The number of sulfone groups is 1. The van der Waals surface area contributed by atoms with Gasteiger partial charge in [0.05, 0.1) is 11.5 Å². The molecule has 1 saturated heterocycles. The molecule has 2 heterocycles. The zero-order valence-electron chi connectivity index (χ0n) is 8.77. The van der Waals surface area contributed by atoms with E-state index < -0.39 is 9.84 Å². The average Bonchev–Trinajstić information content (AvgIpc) is 2.59. The minimum Gasteiger partial charge on any atom is -0.329 e. The number of hydrogen-bond donors (Lipinski definition) is 2. The van der Waals surface area contributed by atoms with E-state index >= 15 is 0 Å². The fourth-order valence-electron chi connectivity index (χ4n) is 2.00. The molecule has 0 radical (unpaired) electrons. The number of aromatic nitrogens is 1. The Kier molecular flexibility index (Phi) is 2.86. The normalized spacial score (nSPS) is 23.4. The fourth-order valence-corrected chi connectivity index (χ4v) is 3.78. The molecule has 1 aromatic rings. The molecule has 88 valence electrons. The summed E-state index contributed by atoms with van der Waals surface area (Å²) >= 11 is 0. The van der Waals surface area contributed by atoms with E-state index in [4.69, 9.17) is 5.73 Å². The van der Waals surface area contributed by atoms with Crippen LogP contribution >= 0.6 is 0 Å². The van der Waals surface area contributed by atoms with Crippen molar-refractivity contribution in [3.8, 4) is 0 Å². The van der Waals surface area contributed by atoms with E-state index in [0.29, 0.717) is 12.0 Å². The van der Waals surface area contributed by atoms with E-state index in [1.165, 1.54) is 0 Å². The Hall–Kier alpha value is -1.14. The van der Waals surface area contributed by atoms with Crippen LogP contribution in [0.5, 0.6) is 0 Å². The molecule has 1 unspecified atom stereocenters. The average molecular weight is 242 g/mol. The van der Waals surface area contributed by atoms with Gasteiger partial charge in [0.15, 0.2) is 9.84 Å². The zero-order chi connectivity index (χ0) is 11.8. The molecule has 1 fully saturated rings. The van der Waals surface area contributed by atoms with Gasteiger partial charge in [0.1, 0.15) is 0 Å². The lowest BCUT2D eigenvalue weighted by molar-refractivity contribution is 0.601. The minimum absolute atomic E-state index is 0.00727. The topological polar surface area (TPSA) is 93.0 Å². The van der Waals surface area contributed by atoms with Gasteiger partial charge in [-0.2, -0.15) is 0 Å². The van der Waals surface area contributed by atoms with Crippen molar-refractivity contribution in [3.05, 3.63) is 33.7 Å². The third kappa shape index (κ3) is 2.17. The molecule has 0 amide bonds. The summed E-state index contributed by atoms with van der Waals surface area (Å²) < 4.78 is 22.7. The Bertz CT molecular complexity index is 547. The van der Waals surface area contributed by atoms with Gasteiger partial charge in [0.2, 0.25) is 0 Å². The summed E-state index contributed by atoms with van der Waals surface area (Å²) in [6.07, 6.45) is 2.21. The summed E-state index contributed by atoms with van der Waals surface area (Å²) in [7, 11) is -2.90. The van der Waals surface area contributed by atoms with Gasteiger partial charge in [-0.1, -0.05) is 0 Å². The Morgan fingerprint density at radius 1 is 1.50 bits per heavy atom. The molecule has 16 heavy (non-hydrogen) atoms. The van der Waals surface area contributed by atoms with Crippen LogP contribution in [-0.4, -0.2) is 24.9 Å². The second-order valence-electron chi connectivity index (χ2n) is 4.09. The van der Waals surface area contributed by atoms with Crippen LogP contribution in [-0.2, 0) is 16.4 Å². The van der Waals surface area contributed by atoms with Gasteiger partial charge in [-0.05, 0) is 18.1 Å². The van der Waals surface area contributed by atoms with E-state index in [1.807, 2.05) is 0 Å².